The minimum Gasteiger partial charge on any atom is -0.494 e. The monoisotopic (exact) mass is 417 g/mol. The number of ether oxygens (including phenoxy) is 1. The van der Waals surface area contributed by atoms with Crippen LogP contribution in [0.3, 0.4) is 0 Å². The molecule has 5 heteroatoms. The zero-order chi connectivity index (χ0) is 15.2. The maximum absolute atomic E-state index is 5.47. The van der Waals surface area contributed by atoms with Crippen LogP contribution in [-0.2, 0) is 6.54 Å². The largest absolute Gasteiger partial charge is 0.494 e. The zero-order valence-corrected chi connectivity index (χ0v) is 16.3. The number of hydrogen-bond acceptors (Lipinski definition) is 2. The molecule has 1 aliphatic rings. The first-order valence-electron chi connectivity index (χ1n) is 7.87. The summed E-state index contributed by atoms with van der Waals surface area (Å²) in [5.74, 6) is 2.70. The minimum atomic E-state index is 0. The maximum atomic E-state index is 5.47. The molecule has 0 aliphatic heterocycles. The average molecular weight is 417 g/mol. The SMILES string of the molecule is CCN=C(NC1CC1C)N(C)Cc1ccc(OCC)cc1.I. The quantitative estimate of drug-likeness (QED) is 0.437. The van der Waals surface area contributed by atoms with Gasteiger partial charge in [0.2, 0.25) is 0 Å². The first kappa shape index (κ1) is 19.1. The fourth-order valence-electron chi connectivity index (χ4n) is 2.32. The molecular formula is C17H28IN3O. The molecule has 124 valence electrons. The molecule has 0 spiro atoms. The van der Waals surface area contributed by atoms with Crippen LogP contribution in [0, 0.1) is 5.92 Å². The Morgan fingerprint density at radius 3 is 2.45 bits per heavy atom. The van der Waals surface area contributed by atoms with Crippen LogP contribution in [0.5, 0.6) is 5.75 Å². The summed E-state index contributed by atoms with van der Waals surface area (Å²) in [6.07, 6.45) is 1.25. The second kappa shape index (κ2) is 9.22. The Hall–Kier alpha value is -0.980. The molecule has 0 amide bonds. The van der Waals surface area contributed by atoms with Gasteiger partial charge < -0.3 is 15.0 Å². The van der Waals surface area contributed by atoms with Gasteiger partial charge in [0, 0.05) is 26.2 Å². The Labute approximate surface area is 151 Å². The van der Waals surface area contributed by atoms with Crippen molar-refractivity contribution in [3.05, 3.63) is 29.8 Å². The molecule has 1 aromatic carbocycles. The summed E-state index contributed by atoms with van der Waals surface area (Å²) in [5, 5.41) is 3.54. The van der Waals surface area contributed by atoms with Crippen LogP contribution < -0.4 is 10.1 Å². The van der Waals surface area contributed by atoms with Crippen molar-refractivity contribution in [2.24, 2.45) is 10.9 Å². The van der Waals surface area contributed by atoms with E-state index in [4.69, 9.17) is 4.74 Å². The second-order valence-electron chi connectivity index (χ2n) is 5.69. The first-order chi connectivity index (χ1) is 10.1. The average Bonchev–Trinajstić information content (AvgIpc) is 3.16. The van der Waals surface area contributed by atoms with Gasteiger partial charge >= 0.3 is 0 Å². The van der Waals surface area contributed by atoms with Crippen molar-refractivity contribution in [3.63, 3.8) is 0 Å². The highest BCUT2D eigenvalue weighted by molar-refractivity contribution is 14.0. The standard InChI is InChI=1S/C17H27N3O.HI/c1-5-18-17(19-16-11-13(16)3)20(4)12-14-7-9-15(10-8-14)21-6-2;/h7-10,13,16H,5-6,11-12H2,1-4H3,(H,18,19);1H. The maximum Gasteiger partial charge on any atom is 0.194 e. The van der Waals surface area contributed by atoms with Crippen molar-refractivity contribution in [2.45, 2.75) is 39.8 Å². The van der Waals surface area contributed by atoms with Gasteiger partial charge in [-0.3, -0.25) is 4.99 Å². The predicted octanol–water partition coefficient (Wildman–Crippen LogP) is 3.51. The van der Waals surface area contributed by atoms with Crippen LogP contribution in [0.1, 0.15) is 32.8 Å². The Balaban J connectivity index is 0.00000242. The van der Waals surface area contributed by atoms with Crippen molar-refractivity contribution in [1.29, 1.82) is 0 Å². The lowest BCUT2D eigenvalue weighted by atomic mass is 10.2. The molecule has 1 N–H and O–H groups in total. The molecule has 4 nitrogen and oxygen atoms in total. The van der Waals surface area contributed by atoms with E-state index in [1.807, 2.05) is 19.1 Å². The molecule has 1 aromatic rings. The second-order valence-corrected chi connectivity index (χ2v) is 5.69. The number of benzene rings is 1. The molecule has 1 fully saturated rings. The van der Waals surface area contributed by atoms with Gasteiger partial charge in [-0.25, -0.2) is 0 Å². The zero-order valence-electron chi connectivity index (χ0n) is 14.0. The Morgan fingerprint density at radius 1 is 1.32 bits per heavy atom. The first-order valence-corrected chi connectivity index (χ1v) is 7.87. The topological polar surface area (TPSA) is 36.9 Å². The lowest BCUT2D eigenvalue weighted by molar-refractivity contribution is 0.340. The van der Waals surface area contributed by atoms with E-state index < -0.39 is 0 Å². The highest BCUT2D eigenvalue weighted by Crippen LogP contribution is 2.29. The summed E-state index contributed by atoms with van der Waals surface area (Å²) in [6.45, 7) is 8.70. The van der Waals surface area contributed by atoms with E-state index in [0.717, 1.165) is 30.7 Å². The van der Waals surface area contributed by atoms with E-state index in [-0.39, 0.29) is 24.0 Å². The number of guanidine groups is 1. The number of nitrogens with one attached hydrogen (secondary N) is 1. The lowest BCUT2D eigenvalue weighted by Gasteiger charge is -2.22. The Kier molecular flexibility index (Phi) is 8.00. The van der Waals surface area contributed by atoms with E-state index in [1.165, 1.54) is 12.0 Å². The smallest absolute Gasteiger partial charge is 0.194 e. The van der Waals surface area contributed by atoms with E-state index in [2.05, 4.69) is 48.2 Å². The number of halogens is 1. The molecule has 2 atom stereocenters. The van der Waals surface area contributed by atoms with Crippen molar-refractivity contribution >= 4 is 29.9 Å². The lowest BCUT2D eigenvalue weighted by Crippen LogP contribution is -2.40. The van der Waals surface area contributed by atoms with Crippen molar-refractivity contribution in [2.75, 3.05) is 20.2 Å². The highest BCUT2D eigenvalue weighted by Gasteiger charge is 2.33. The van der Waals surface area contributed by atoms with Gasteiger partial charge in [0.05, 0.1) is 6.61 Å². The number of aliphatic imine (C=N–C) groups is 1. The van der Waals surface area contributed by atoms with Gasteiger partial charge in [-0.1, -0.05) is 19.1 Å². The molecule has 22 heavy (non-hydrogen) atoms. The van der Waals surface area contributed by atoms with Crippen molar-refractivity contribution in [3.8, 4) is 5.75 Å². The summed E-state index contributed by atoms with van der Waals surface area (Å²) in [5.41, 5.74) is 1.26. The summed E-state index contributed by atoms with van der Waals surface area (Å²) >= 11 is 0. The summed E-state index contributed by atoms with van der Waals surface area (Å²) in [6, 6.07) is 8.88. The van der Waals surface area contributed by atoms with Crippen LogP contribution in [0.4, 0.5) is 0 Å². The molecule has 0 heterocycles. The fraction of sp³-hybridized carbons (Fsp3) is 0.588. The van der Waals surface area contributed by atoms with Crippen LogP contribution in [-0.4, -0.2) is 37.1 Å². The third-order valence-electron chi connectivity index (χ3n) is 3.75. The van der Waals surface area contributed by atoms with E-state index >= 15 is 0 Å². The van der Waals surface area contributed by atoms with Gasteiger partial charge in [-0.05, 0) is 43.9 Å². The number of hydrogen-bond donors (Lipinski definition) is 1. The van der Waals surface area contributed by atoms with E-state index in [9.17, 15) is 0 Å². The van der Waals surface area contributed by atoms with Gasteiger partial charge in [-0.15, -0.1) is 24.0 Å². The molecule has 0 saturated heterocycles. The van der Waals surface area contributed by atoms with Crippen LogP contribution in [0.2, 0.25) is 0 Å². The van der Waals surface area contributed by atoms with Crippen LogP contribution in [0.25, 0.3) is 0 Å². The Morgan fingerprint density at radius 2 is 1.95 bits per heavy atom. The van der Waals surface area contributed by atoms with Gasteiger partial charge in [0.1, 0.15) is 5.75 Å². The third kappa shape index (κ3) is 5.66. The van der Waals surface area contributed by atoms with Crippen LogP contribution in [0.15, 0.2) is 29.3 Å². The molecule has 2 rings (SSSR count). The normalized spacial score (nSPS) is 20.1. The molecule has 2 unspecified atom stereocenters. The molecular weight excluding hydrogens is 389 g/mol. The molecule has 0 radical (unpaired) electrons. The van der Waals surface area contributed by atoms with E-state index in [1.54, 1.807) is 0 Å². The molecule has 1 saturated carbocycles. The number of rotatable bonds is 6. The van der Waals surface area contributed by atoms with Crippen LogP contribution >= 0.6 is 24.0 Å². The van der Waals surface area contributed by atoms with E-state index in [0.29, 0.717) is 12.6 Å². The Bertz CT molecular complexity index is 475. The summed E-state index contributed by atoms with van der Waals surface area (Å²) < 4.78 is 5.47. The fourth-order valence-corrected chi connectivity index (χ4v) is 2.32. The molecule has 0 bridgehead atoms. The van der Waals surface area contributed by atoms with Crippen molar-refractivity contribution < 1.29 is 4.74 Å². The minimum absolute atomic E-state index is 0. The van der Waals surface area contributed by atoms with Gasteiger partial charge in [-0.2, -0.15) is 0 Å². The molecule has 0 aromatic heterocycles. The van der Waals surface area contributed by atoms with Crippen molar-refractivity contribution in [1.82, 2.24) is 10.2 Å². The predicted molar refractivity (Wildman–Crippen MR) is 103 cm³/mol. The number of nitrogens with zero attached hydrogens (tertiary/aromatic N) is 2. The molecule has 1 aliphatic carbocycles. The highest BCUT2D eigenvalue weighted by atomic mass is 127. The summed E-state index contributed by atoms with van der Waals surface area (Å²) in [4.78, 5) is 6.77. The third-order valence-corrected chi connectivity index (χ3v) is 3.75. The summed E-state index contributed by atoms with van der Waals surface area (Å²) in [7, 11) is 2.09. The van der Waals surface area contributed by atoms with Gasteiger partial charge in [0.25, 0.3) is 0 Å². The van der Waals surface area contributed by atoms with Gasteiger partial charge in [0.15, 0.2) is 5.96 Å².